The number of hydrogen-bond acceptors (Lipinski definition) is 4. The number of rotatable bonds is 3. The molecule has 0 unspecified atom stereocenters. The van der Waals surface area contributed by atoms with E-state index in [9.17, 15) is 9.59 Å². The van der Waals surface area contributed by atoms with E-state index in [4.69, 9.17) is 39.6 Å². The Morgan fingerprint density at radius 3 is 2.10 bits per heavy atom. The van der Waals surface area contributed by atoms with E-state index in [2.05, 4.69) is 0 Å². The van der Waals surface area contributed by atoms with E-state index >= 15 is 0 Å². The third kappa shape index (κ3) is 3.38. The topological polar surface area (TPSA) is 49.9 Å². The van der Waals surface area contributed by atoms with Gasteiger partial charge < -0.3 is 0 Å². The molecule has 2 amide bonds. The van der Waals surface area contributed by atoms with Gasteiger partial charge in [-0.25, -0.2) is 9.96 Å². The SMILES string of the molecule is O=C1[C@H]2[C@@H](c3ccc(Cl)cc3Cl)N(c3ccc(Cl)cc3)O[C@H]2C(=O)N1c1ccccc1. The molecule has 0 N–H and O–H groups in total. The zero-order chi connectivity index (χ0) is 21.7. The Labute approximate surface area is 193 Å². The molecule has 3 aromatic carbocycles. The molecule has 2 saturated heterocycles. The molecule has 31 heavy (non-hydrogen) atoms. The summed E-state index contributed by atoms with van der Waals surface area (Å²) in [6.45, 7) is 0. The molecular weight excluding hydrogens is 459 g/mol. The van der Waals surface area contributed by atoms with Crippen molar-refractivity contribution in [2.45, 2.75) is 12.1 Å². The third-order valence-corrected chi connectivity index (χ3v) is 6.31. The number of amides is 2. The zero-order valence-electron chi connectivity index (χ0n) is 15.9. The van der Waals surface area contributed by atoms with Crippen molar-refractivity contribution in [3.63, 3.8) is 0 Å². The van der Waals surface area contributed by atoms with E-state index in [1.165, 1.54) is 4.90 Å². The minimum Gasteiger partial charge on any atom is -0.273 e. The number of carbonyl (C=O) groups excluding carboxylic acids is 2. The fourth-order valence-electron chi connectivity index (χ4n) is 4.12. The van der Waals surface area contributed by atoms with E-state index in [1.54, 1.807) is 71.8 Å². The maximum Gasteiger partial charge on any atom is 0.266 e. The first kappa shape index (κ1) is 20.3. The van der Waals surface area contributed by atoms with Gasteiger partial charge in [-0.2, -0.15) is 0 Å². The number of benzene rings is 3. The Morgan fingerprint density at radius 1 is 0.742 bits per heavy atom. The van der Waals surface area contributed by atoms with Gasteiger partial charge in [0.2, 0.25) is 5.91 Å². The van der Waals surface area contributed by atoms with Crippen LogP contribution in [0.2, 0.25) is 15.1 Å². The van der Waals surface area contributed by atoms with Crippen molar-refractivity contribution in [3.05, 3.63) is 93.4 Å². The second kappa shape index (κ2) is 7.84. The predicted molar refractivity (Wildman–Crippen MR) is 120 cm³/mol. The molecule has 2 aliphatic heterocycles. The van der Waals surface area contributed by atoms with Crippen LogP contribution >= 0.6 is 34.8 Å². The summed E-state index contributed by atoms with van der Waals surface area (Å²) >= 11 is 18.6. The van der Waals surface area contributed by atoms with Gasteiger partial charge in [-0.05, 0) is 54.1 Å². The highest BCUT2D eigenvalue weighted by atomic mass is 35.5. The first-order valence-corrected chi connectivity index (χ1v) is 10.7. The van der Waals surface area contributed by atoms with Crippen LogP contribution in [0.4, 0.5) is 11.4 Å². The molecule has 0 aromatic heterocycles. The van der Waals surface area contributed by atoms with Crippen LogP contribution in [0, 0.1) is 5.92 Å². The second-order valence-electron chi connectivity index (χ2n) is 7.31. The van der Waals surface area contributed by atoms with Crippen LogP contribution in [-0.4, -0.2) is 17.9 Å². The van der Waals surface area contributed by atoms with E-state index in [0.29, 0.717) is 32.0 Å². The minimum absolute atomic E-state index is 0.339. The fraction of sp³-hybridized carbons (Fsp3) is 0.130. The summed E-state index contributed by atoms with van der Waals surface area (Å²) in [5.41, 5.74) is 1.81. The van der Waals surface area contributed by atoms with Gasteiger partial charge >= 0.3 is 0 Å². The van der Waals surface area contributed by atoms with Gasteiger partial charge in [-0.3, -0.25) is 14.4 Å². The highest BCUT2D eigenvalue weighted by molar-refractivity contribution is 6.35. The summed E-state index contributed by atoms with van der Waals surface area (Å²) in [6, 6.07) is 20.2. The summed E-state index contributed by atoms with van der Waals surface area (Å²) in [5.74, 6) is -1.52. The van der Waals surface area contributed by atoms with Crippen molar-refractivity contribution >= 4 is 58.0 Å². The highest BCUT2D eigenvalue weighted by Gasteiger charge is 2.60. The van der Waals surface area contributed by atoms with Gasteiger partial charge in [-0.15, -0.1) is 0 Å². The molecule has 156 valence electrons. The van der Waals surface area contributed by atoms with Crippen molar-refractivity contribution < 1.29 is 14.4 Å². The number of carbonyl (C=O) groups is 2. The lowest BCUT2D eigenvalue weighted by Gasteiger charge is -2.29. The van der Waals surface area contributed by atoms with E-state index < -0.39 is 24.0 Å². The molecule has 0 saturated carbocycles. The Balaban J connectivity index is 1.62. The number of fused-ring (bicyclic) bond motifs is 1. The largest absolute Gasteiger partial charge is 0.273 e. The van der Waals surface area contributed by atoms with Crippen LogP contribution in [-0.2, 0) is 14.4 Å². The van der Waals surface area contributed by atoms with Crippen LogP contribution in [0.5, 0.6) is 0 Å². The predicted octanol–water partition coefficient (Wildman–Crippen LogP) is 5.70. The number of para-hydroxylation sites is 1. The number of nitrogens with zero attached hydrogens (tertiary/aromatic N) is 2. The van der Waals surface area contributed by atoms with Gasteiger partial charge in [-0.1, -0.05) is 59.1 Å². The molecule has 0 spiro atoms. The highest BCUT2D eigenvalue weighted by Crippen LogP contribution is 2.49. The molecule has 3 aromatic rings. The van der Waals surface area contributed by atoms with Crippen molar-refractivity contribution in [1.82, 2.24) is 0 Å². The van der Waals surface area contributed by atoms with Crippen molar-refractivity contribution in [3.8, 4) is 0 Å². The lowest BCUT2D eigenvalue weighted by molar-refractivity contribution is -0.126. The molecule has 8 heteroatoms. The summed E-state index contributed by atoms with van der Waals surface area (Å²) in [6.07, 6.45) is -0.972. The number of hydrogen-bond donors (Lipinski definition) is 0. The summed E-state index contributed by atoms with van der Waals surface area (Å²) in [7, 11) is 0. The Kier molecular flexibility index (Phi) is 5.15. The average molecular weight is 474 g/mol. The van der Waals surface area contributed by atoms with Gasteiger partial charge in [0, 0.05) is 15.1 Å². The Morgan fingerprint density at radius 2 is 1.42 bits per heavy atom. The normalized spacial score (nSPS) is 22.9. The van der Waals surface area contributed by atoms with E-state index in [-0.39, 0.29) is 5.91 Å². The first-order chi connectivity index (χ1) is 15.0. The van der Waals surface area contributed by atoms with E-state index in [1.807, 2.05) is 6.07 Å². The smallest absolute Gasteiger partial charge is 0.266 e. The van der Waals surface area contributed by atoms with Crippen LogP contribution in [0.15, 0.2) is 72.8 Å². The third-order valence-electron chi connectivity index (χ3n) is 5.49. The molecule has 0 bridgehead atoms. The van der Waals surface area contributed by atoms with Gasteiger partial charge in [0.1, 0.15) is 5.92 Å². The molecule has 0 radical (unpaired) electrons. The van der Waals surface area contributed by atoms with Gasteiger partial charge in [0.25, 0.3) is 5.91 Å². The molecule has 3 atom stereocenters. The fourth-order valence-corrected chi connectivity index (χ4v) is 4.76. The summed E-state index contributed by atoms with van der Waals surface area (Å²) in [5, 5.41) is 2.99. The molecule has 5 rings (SSSR count). The van der Waals surface area contributed by atoms with Crippen molar-refractivity contribution in [2.75, 3.05) is 9.96 Å². The van der Waals surface area contributed by atoms with Crippen LogP contribution in [0.3, 0.4) is 0 Å². The summed E-state index contributed by atoms with van der Waals surface area (Å²) in [4.78, 5) is 34.0. The summed E-state index contributed by atoms with van der Waals surface area (Å²) < 4.78 is 0. The average Bonchev–Trinajstić information content (AvgIpc) is 3.25. The monoisotopic (exact) mass is 472 g/mol. The number of hydroxylamine groups is 1. The van der Waals surface area contributed by atoms with Crippen LogP contribution in [0.1, 0.15) is 11.6 Å². The molecule has 2 heterocycles. The number of imide groups is 1. The molecular formula is C23H15Cl3N2O3. The quantitative estimate of drug-likeness (QED) is 0.458. The van der Waals surface area contributed by atoms with Crippen LogP contribution < -0.4 is 9.96 Å². The van der Waals surface area contributed by atoms with Crippen molar-refractivity contribution in [2.24, 2.45) is 5.92 Å². The maximum absolute atomic E-state index is 13.5. The first-order valence-electron chi connectivity index (χ1n) is 9.55. The lowest BCUT2D eigenvalue weighted by atomic mass is 9.90. The maximum atomic E-state index is 13.5. The molecule has 2 fully saturated rings. The Hall–Kier alpha value is -2.57. The van der Waals surface area contributed by atoms with Gasteiger partial charge in [0.05, 0.1) is 17.4 Å². The molecule has 2 aliphatic rings. The Bertz CT molecular complexity index is 1170. The molecule has 0 aliphatic carbocycles. The number of anilines is 2. The van der Waals surface area contributed by atoms with Gasteiger partial charge in [0.15, 0.2) is 6.10 Å². The van der Waals surface area contributed by atoms with Crippen LogP contribution in [0.25, 0.3) is 0 Å². The molecule has 5 nitrogen and oxygen atoms in total. The second-order valence-corrected chi connectivity index (χ2v) is 8.59. The lowest BCUT2D eigenvalue weighted by Crippen LogP contribution is -2.37. The van der Waals surface area contributed by atoms with Crippen molar-refractivity contribution in [1.29, 1.82) is 0 Å². The number of halogens is 3. The zero-order valence-corrected chi connectivity index (χ0v) is 18.2. The van der Waals surface area contributed by atoms with E-state index in [0.717, 1.165) is 0 Å². The standard InChI is InChI=1S/C23H15Cl3N2O3/c24-13-6-9-16(10-7-13)28-20(17-11-8-14(25)12-18(17)26)19-21(31-28)23(30)27(22(19)29)15-4-2-1-3-5-15/h1-12,19-21H/t19-,20+,21+/m0/s1. The minimum atomic E-state index is -0.972.